The van der Waals surface area contributed by atoms with Gasteiger partial charge in [0, 0.05) is 32.2 Å². The lowest BCUT2D eigenvalue weighted by molar-refractivity contribution is -0.138. The van der Waals surface area contributed by atoms with Gasteiger partial charge in [-0.05, 0) is 54.5 Å². The number of carbonyl (C=O) groups excluding carboxylic acids is 1. The molecule has 0 N–H and O–H groups in total. The van der Waals surface area contributed by atoms with Gasteiger partial charge in [0.1, 0.15) is 0 Å². The average Bonchev–Trinajstić information content (AvgIpc) is 3.01. The molecule has 6 heteroatoms. The van der Waals surface area contributed by atoms with E-state index in [2.05, 4.69) is 4.90 Å². The smallest absolute Gasteiger partial charge is 0.337 e. The highest BCUT2D eigenvalue weighted by Gasteiger charge is 2.47. The Morgan fingerprint density at radius 3 is 2.57 bits per heavy atom. The van der Waals surface area contributed by atoms with Gasteiger partial charge in [0.05, 0.1) is 5.56 Å². The summed E-state index contributed by atoms with van der Waals surface area (Å²) in [5.41, 5.74) is 0.728. The average molecular weight is 324 g/mol. The van der Waals surface area contributed by atoms with Crippen molar-refractivity contribution in [2.75, 3.05) is 20.1 Å². The van der Waals surface area contributed by atoms with Crippen LogP contribution in [-0.4, -0.2) is 35.8 Å². The quantitative estimate of drug-likeness (QED) is 0.833. The van der Waals surface area contributed by atoms with Gasteiger partial charge in [-0.2, -0.15) is 13.2 Å². The van der Waals surface area contributed by atoms with Crippen molar-refractivity contribution in [1.29, 1.82) is 0 Å². The minimum atomic E-state index is -4.42. The Balaban J connectivity index is 1.67. The SMILES string of the molecule is CN1Cc2c(cc(CN3CCC4(CC4)C3)cc2C(F)(F)F)C1=O. The normalized spacial score (nSPS) is 23.0. The molecule has 3 aliphatic rings. The zero-order valence-corrected chi connectivity index (χ0v) is 13.0. The second kappa shape index (κ2) is 4.72. The Morgan fingerprint density at radius 2 is 1.96 bits per heavy atom. The first-order chi connectivity index (χ1) is 10.8. The summed E-state index contributed by atoms with van der Waals surface area (Å²) >= 11 is 0. The topological polar surface area (TPSA) is 23.6 Å². The molecule has 0 unspecified atom stereocenters. The van der Waals surface area contributed by atoms with Gasteiger partial charge in [-0.15, -0.1) is 0 Å². The highest BCUT2D eigenvalue weighted by Crippen LogP contribution is 2.52. The number of nitrogens with zero attached hydrogens (tertiary/aromatic N) is 2. The number of hydrogen-bond acceptors (Lipinski definition) is 2. The molecule has 2 heterocycles. The molecule has 0 radical (unpaired) electrons. The minimum absolute atomic E-state index is 0.0378. The molecule has 2 fully saturated rings. The summed E-state index contributed by atoms with van der Waals surface area (Å²) in [6.07, 6.45) is -0.796. The lowest BCUT2D eigenvalue weighted by Gasteiger charge is -2.18. The maximum Gasteiger partial charge on any atom is 0.416 e. The standard InChI is InChI=1S/C17H19F3N2O/c1-21-9-13-12(15(21)23)6-11(7-14(13)17(18,19)20)8-22-5-4-16(10-22)2-3-16/h6-7H,2-5,8-10H2,1H3. The van der Waals surface area contributed by atoms with E-state index in [1.54, 1.807) is 13.1 Å². The van der Waals surface area contributed by atoms with E-state index in [1.165, 1.54) is 23.8 Å². The van der Waals surface area contributed by atoms with Gasteiger partial charge >= 0.3 is 6.18 Å². The van der Waals surface area contributed by atoms with Crippen LogP contribution in [0.5, 0.6) is 0 Å². The molecule has 1 saturated carbocycles. The summed E-state index contributed by atoms with van der Waals surface area (Å²) in [6, 6.07) is 2.90. The number of likely N-dealkylation sites (tertiary alicyclic amines) is 1. The maximum atomic E-state index is 13.4. The predicted octanol–water partition coefficient (Wildman–Crippen LogP) is 3.28. The molecule has 124 valence electrons. The van der Waals surface area contributed by atoms with Crippen LogP contribution in [0, 0.1) is 5.41 Å². The van der Waals surface area contributed by atoms with Crippen molar-refractivity contribution in [3.05, 3.63) is 34.4 Å². The molecule has 1 amide bonds. The van der Waals surface area contributed by atoms with Crippen molar-refractivity contribution in [2.24, 2.45) is 5.41 Å². The minimum Gasteiger partial charge on any atom is -0.337 e. The number of alkyl halides is 3. The third-order valence-electron chi connectivity index (χ3n) is 5.47. The number of hydrogen-bond donors (Lipinski definition) is 0. The summed E-state index contributed by atoms with van der Waals surface area (Å²) in [5.74, 6) is -0.313. The number of fused-ring (bicyclic) bond motifs is 1. The molecule has 1 saturated heterocycles. The van der Waals surface area contributed by atoms with Crippen LogP contribution in [0.2, 0.25) is 0 Å². The second-order valence-electron chi connectivity index (χ2n) is 7.29. The van der Waals surface area contributed by atoms with Crippen molar-refractivity contribution < 1.29 is 18.0 Å². The third-order valence-corrected chi connectivity index (χ3v) is 5.47. The fourth-order valence-electron chi connectivity index (χ4n) is 3.96. The second-order valence-corrected chi connectivity index (χ2v) is 7.29. The van der Waals surface area contributed by atoms with E-state index in [9.17, 15) is 18.0 Å². The van der Waals surface area contributed by atoms with Crippen LogP contribution in [0.25, 0.3) is 0 Å². The first-order valence-electron chi connectivity index (χ1n) is 7.98. The van der Waals surface area contributed by atoms with Crippen molar-refractivity contribution >= 4 is 5.91 Å². The number of carbonyl (C=O) groups is 1. The molecule has 1 spiro atoms. The molecule has 1 aromatic carbocycles. The zero-order chi connectivity index (χ0) is 16.4. The number of halogens is 3. The summed E-state index contributed by atoms with van der Waals surface area (Å²) < 4.78 is 40.1. The fraction of sp³-hybridized carbons (Fsp3) is 0.588. The summed E-state index contributed by atoms with van der Waals surface area (Å²) in [7, 11) is 1.54. The lowest BCUT2D eigenvalue weighted by Crippen LogP contribution is -2.21. The monoisotopic (exact) mass is 324 g/mol. The molecule has 2 aliphatic heterocycles. The molecular weight excluding hydrogens is 305 g/mol. The van der Waals surface area contributed by atoms with Crippen LogP contribution in [0.4, 0.5) is 13.2 Å². The molecule has 0 aromatic heterocycles. The summed E-state index contributed by atoms with van der Waals surface area (Å²) in [6.45, 7) is 2.44. The van der Waals surface area contributed by atoms with Crippen molar-refractivity contribution in [3.63, 3.8) is 0 Å². The van der Waals surface area contributed by atoms with E-state index >= 15 is 0 Å². The van der Waals surface area contributed by atoms with Gasteiger partial charge in [-0.25, -0.2) is 0 Å². The van der Waals surface area contributed by atoms with Crippen LogP contribution in [-0.2, 0) is 19.3 Å². The Kier molecular flexibility index (Phi) is 3.08. The molecule has 1 aliphatic carbocycles. The summed E-state index contributed by atoms with van der Waals surface area (Å²) in [5, 5.41) is 0. The molecule has 0 bridgehead atoms. The lowest BCUT2D eigenvalue weighted by atomic mass is 9.98. The van der Waals surface area contributed by atoms with Crippen LogP contribution < -0.4 is 0 Å². The van der Waals surface area contributed by atoms with Gasteiger partial charge in [-0.3, -0.25) is 9.69 Å². The van der Waals surface area contributed by atoms with Crippen molar-refractivity contribution in [3.8, 4) is 0 Å². The van der Waals surface area contributed by atoms with E-state index in [0.29, 0.717) is 17.5 Å². The zero-order valence-electron chi connectivity index (χ0n) is 13.0. The van der Waals surface area contributed by atoms with Crippen LogP contribution in [0.1, 0.15) is 46.3 Å². The van der Waals surface area contributed by atoms with E-state index in [-0.39, 0.29) is 23.6 Å². The van der Waals surface area contributed by atoms with Crippen molar-refractivity contribution in [2.45, 2.75) is 38.5 Å². The van der Waals surface area contributed by atoms with Crippen LogP contribution in [0.15, 0.2) is 12.1 Å². The van der Waals surface area contributed by atoms with Gasteiger partial charge in [0.25, 0.3) is 5.91 Å². The number of benzene rings is 1. The van der Waals surface area contributed by atoms with Gasteiger partial charge < -0.3 is 4.90 Å². The van der Waals surface area contributed by atoms with Gasteiger partial charge in [0.15, 0.2) is 0 Å². The number of amides is 1. The Hall–Kier alpha value is -1.56. The largest absolute Gasteiger partial charge is 0.416 e. The highest BCUT2D eigenvalue weighted by atomic mass is 19.4. The Morgan fingerprint density at radius 1 is 1.22 bits per heavy atom. The maximum absolute atomic E-state index is 13.4. The first kappa shape index (κ1) is 15.0. The third kappa shape index (κ3) is 2.53. The molecule has 3 nitrogen and oxygen atoms in total. The Labute approximate surface area is 133 Å². The van der Waals surface area contributed by atoms with Gasteiger partial charge in [-0.1, -0.05) is 0 Å². The van der Waals surface area contributed by atoms with Crippen molar-refractivity contribution in [1.82, 2.24) is 9.80 Å². The van der Waals surface area contributed by atoms with E-state index in [4.69, 9.17) is 0 Å². The van der Waals surface area contributed by atoms with E-state index in [1.807, 2.05) is 0 Å². The van der Waals surface area contributed by atoms with Crippen LogP contribution >= 0.6 is 0 Å². The highest BCUT2D eigenvalue weighted by molar-refractivity contribution is 5.98. The van der Waals surface area contributed by atoms with E-state index < -0.39 is 11.7 Å². The summed E-state index contributed by atoms with van der Waals surface area (Å²) in [4.78, 5) is 15.7. The molecular formula is C17H19F3N2O. The first-order valence-corrected chi connectivity index (χ1v) is 7.98. The molecule has 0 atom stereocenters. The fourth-order valence-corrected chi connectivity index (χ4v) is 3.96. The molecule has 23 heavy (non-hydrogen) atoms. The predicted molar refractivity (Wildman–Crippen MR) is 78.8 cm³/mol. The van der Waals surface area contributed by atoms with Gasteiger partial charge in [0.2, 0.25) is 0 Å². The molecule has 1 aromatic rings. The molecule has 4 rings (SSSR count). The Bertz CT molecular complexity index is 679. The van der Waals surface area contributed by atoms with E-state index in [0.717, 1.165) is 19.5 Å². The number of rotatable bonds is 2. The van der Waals surface area contributed by atoms with Crippen LogP contribution in [0.3, 0.4) is 0 Å².